The highest BCUT2D eigenvalue weighted by Crippen LogP contribution is 2.26. The number of ketones is 1. The highest BCUT2D eigenvalue weighted by atomic mass is 16.3. The van der Waals surface area contributed by atoms with Crippen LogP contribution in [0.25, 0.3) is 6.08 Å². The summed E-state index contributed by atoms with van der Waals surface area (Å²) in [4.78, 5) is 11.9. The number of rotatable bonds is 1. The van der Waals surface area contributed by atoms with Crippen LogP contribution in [0.4, 0.5) is 0 Å². The number of benzene rings is 1. The maximum absolute atomic E-state index is 11.9. The van der Waals surface area contributed by atoms with E-state index in [9.17, 15) is 4.79 Å². The van der Waals surface area contributed by atoms with Crippen molar-refractivity contribution in [2.45, 2.75) is 26.2 Å². The number of hydrogen-bond acceptors (Lipinski definition) is 2. The number of Topliss-reactive ketones (excluding diaryl/α,β-unsaturated/α-hetero) is 1. The summed E-state index contributed by atoms with van der Waals surface area (Å²) in [5.74, 6) is 0.696. The van der Waals surface area contributed by atoms with Gasteiger partial charge in [0, 0.05) is 5.92 Å². The molecule has 0 spiro atoms. The van der Waals surface area contributed by atoms with E-state index >= 15 is 0 Å². The quantitative estimate of drug-likeness (QED) is 0.732. The summed E-state index contributed by atoms with van der Waals surface area (Å²) in [6.07, 6.45) is 4.92. The number of phenols is 1. The maximum Gasteiger partial charge on any atom is 0.161 e. The van der Waals surface area contributed by atoms with Crippen LogP contribution in [-0.4, -0.2) is 10.9 Å². The van der Waals surface area contributed by atoms with E-state index in [4.69, 9.17) is 5.11 Å². The van der Waals surface area contributed by atoms with E-state index in [1.807, 2.05) is 25.1 Å². The van der Waals surface area contributed by atoms with E-state index in [2.05, 4.69) is 0 Å². The first kappa shape index (κ1) is 10.9. The van der Waals surface area contributed by atoms with Crippen LogP contribution in [0.1, 0.15) is 31.7 Å². The Bertz CT molecular complexity index is 415. The van der Waals surface area contributed by atoms with Gasteiger partial charge in [-0.15, -0.1) is 0 Å². The van der Waals surface area contributed by atoms with Gasteiger partial charge in [-0.2, -0.15) is 0 Å². The lowest BCUT2D eigenvalue weighted by atomic mass is 9.84. The number of carbonyl (C=O) groups is 1. The number of hydrogen-bond donors (Lipinski definition) is 1. The lowest BCUT2D eigenvalue weighted by molar-refractivity contribution is -0.119. The zero-order valence-corrected chi connectivity index (χ0v) is 9.44. The molecule has 0 amide bonds. The molecule has 0 unspecified atom stereocenters. The van der Waals surface area contributed by atoms with Gasteiger partial charge in [0.15, 0.2) is 5.78 Å². The molecule has 1 aliphatic rings. The van der Waals surface area contributed by atoms with Crippen molar-refractivity contribution in [2.24, 2.45) is 5.92 Å². The van der Waals surface area contributed by atoms with Gasteiger partial charge < -0.3 is 5.11 Å². The van der Waals surface area contributed by atoms with Crippen molar-refractivity contribution < 1.29 is 9.90 Å². The fourth-order valence-electron chi connectivity index (χ4n) is 2.08. The van der Waals surface area contributed by atoms with Crippen LogP contribution in [0.15, 0.2) is 29.8 Å². The van der Waals surface area contributed by atoms with Crippen molar-refractivity contribution in [3.05, 3.63) is 35.4 Å². The summed E-state index contributed by atoms with van der Waals surface area (Å²) >= 11 is 0. The molecule has 0 radical (unpaired) electrons. The average Bonchev–Trinajstić information content (AvgIpc) is 2.28. The van der Waals surface area contributed by atoms with Gasteiger partial charge in [-0.1, -0.05) is 19.1 Å². The van der Waals surface area contributed by atoms with Crippen LogP contribution < -0.4 is 0 Å². The zero-order valence-electron chi connectivity index (χ0n) is 9.44. The summed E-state index contributed by atoms with van der Waals surface area (Å²) in [7, 11) is 0. The first-order valence-corrected chi connectivity index (χ1v) is 5.70. The lowest BCUT2D eigenvalue weighted by Crippen LogP contribution is -2.18. The Labute approximate surface area is 95.6 Å². The lowest BCUT2D eigenvalue weighted by Gasteiger charge is -2.19. The number of aromatic hydroxyl groups is 1. The predicted octanol–water partition coefficient (Wildman–Crippen LogP) is 3.16. The molecule has 1 atom stereocenters. The Morgan fingerprint density at radius 2 is 2.00 bits per heavy atom. The fourth-order valence-corrected chi connectivity index (χ4v) is 2.08. The van der Waals surface area contributed by atoms with Crippen molar-refractivity contribution in [1.82, 2.24) is 0 Å². The molecule has 1 fully saturated rings. The molecule has 1 aliphatic carbocycles. The van der Waals surface area contributed by atoms with Gasteiger partial charge in [0.1, 0.15) is 5.75 Å². The zero-order chi connectivity index (χ0) is 11.5. The third-order valence-corrected chi connectivity index (χ3v) is 3.08. The maximum atomic E-state index is 11.9. The topological polar surface area (TPSA) is 37.3 Å². The summed E-state index contributed by atoms with van der Waals surface area (Å²) in [5.41, 5.74) is 1.90. The Balaban J connectivity index is 2.23. The molecule has 1 saturated carbocycles. The van der Waals surface area contributed by atoms with Crippen LogP contribution in [-0.2, 0) is 4.79 Å². The highest BCUT2D eigenvalue weighted by molar-refractivity contribution is 6.01. The molecule has 1 N–H and O–H groups in total. The van der Waals surface area contributed by atoms with Gasteiger partial charge in [0.05, 0.1) is 0 Å². The average molecular weight is 216 g/mol. The van der Waals surface area contributed by atoms with Gasteiger partial charge in [0.2, 0.25) is 0 Å². The van der Waals surface area contributed by atoms with Crippen LogP contribution >= 0.6 is 0 Å². The van der Waals surface area contributed by atoms with E-state index in [0.717, 1.165) is 30.4 Å². The summed E-state index contributed by atoms with van der Waals surface area (Å²) in [6, 6.07) is 6.94. The molecule has 2 rings (SSSR count). The molecule has 1 aromatic carbocycles. The molecular weight excluding hydrogens is 200 g/mol. The monoisotopic (exact) mass is 216 g/mol. The van der Waals surface area contributed by atoms with Crippen molar-refractivity contribution in [3.8, 4) is 5.75 Å². The SMILES string of the molecule is C[C@H]1CCC/C(=C/c2ccc(O)cc2)C1=O. The second kappa shape index (κ2) is 4.52. The highest BCUT2D eigenvalue weighted by Gasteiger charge is 2.22. The van der Waals surface area contributed by atoms with Crippen molar-refractivity contribution >= 4 is 11.9 Å². The molecule has 0 heterocycles. The first-order valence-electron chi connectivity index (χ1n) is 5.70. The van der Waals surface area contributed by atoms with Gasteiger partial charge in [-0.3, -0.25) is 4.79 Å². The molecule has 0 aromatic heterocycles. The van der Waals surface area contributed by atoms with Gasteiger partial charge in [-0.25, -0.2) is 0 Å². The van der Waals surface area contributed by atoms with E-state index in [-0.39, 0.29) is 17.5 Å². The summed E-state index contributed by atoms with van der Waals surface area (Å²) in [5, 5.41) is 9.17. The number of carbonyl (C=O) groups excluding carboxylic acids is 1. The smallest absolute Gasteiger partial charge is 0.161 e. The van der Waals surface area contributed by atoms with Crippen LogP contribution in [0.2, 0.25) is 0 Å². The van der Waals surface area contributed by atoms with Gasteiger partial charge in [0.25, 0.3) is 0 Å². The van der Waals surface area contributed by atoms with Crippen LogP contribution in [0.3, 0.4) is 0 Å². The Morgan fingerprint density at radius 3 is 2.69 bits per heavy atom. The Kier molecular flexibility index (Phi) is 3.09. The summed E-state index contributed by atoms with van der Waals surface area (Å²) in [6.45, 7) is 1.99. The first-order chi connectivity index (χ1) is 7.66. The second-order valence-corrected chi connectivity index (χ2v) is 4.42. The van der Waals surface area contributed by atoms with E-state index in [1.54, 1.807) is 12.1 Å². The molecule has 2 heteroatoms. The molecule has 0 saturated heterocycles. The third kappa shape index (κ3) is 2.32. The van der Waals surface area contributed by atoms with Crippen molar-refractivity contribution in [2.75, 3.05) is 0 Å². The minimum atomic E-state index is 0.164. The van der Waals surface area contributed by atoms with E-state index in [0.29, 0.717) is 0 Å². The van der Waals surface area contributed by atoms with Crippen molar-refractivity contribution in [1.29, 1.82) is 0 Å². The standard InChI is InChI=1S/C14H16O2/c1-10-3-2-4-12(14(10)16)9-11-5-7-13(15)8-6-11/h5-10,15H,2-4H2,1H3/b12-9-/t10-/m0/s1. The molecular formula is C14H16O2. The molecule has 0 aliphatic heterocycles. The summed E-state index contributed by atoms with van der Waals surface area (Å²) < 4.78 is 0. The van der Waals surface area contributed by atoms with Crippen molar-refractivity contribution in [3.63, 3.8) is 0 Å². The van der Waals surface area contributed by atoms with E-state index < -0.39 is 0 Å². The van der Waals surface area contributed by atoms with E-state index in [1.165, 1.54) is 0 Å². The molecule has 2 nitrogen and oxygen atoms in total. The fraction of sp³-hybridized carbons (Fsp3) is 0.357. The normalized spacial score (nSPS) is 23.7. The predicted molar refractivity (Wildman–Crippen MR) is 64.1 cm³/mol. The Morgan fingerprint density at radius 1 is 1.31 bits per heavy atom. The van der Waals surface area contributed by atoms with Crippen LogP contribution in [0, 0.1) is 5.92 Å². The minimum Gasteiger partial charge on any atom is -0.508 e. The molecule has 16 heavy (non-hydrogen) atoms. The minimum absolute atomic E-state index is 0.164. The molecule has 84 valence electrons. The van der Waals surface area contributed by atoms with Gasteiger partial charge >= 0.3 is 0 Å². The third-order valence-electron chi connectivity index (χ3n) is 3.08. The number of phenolic OH excluding ortho intramolecular Hbond substituents is 1. The molecule has 1 aromatic rings. The Hall–Kier alpha value is -1.57. The number of allylic oxidation sites excluding steroid dienone is 1. The van der Waals surface area contributed by atoms with Gasteiger partial charge in [-0.05, 0) is 48.6 Å². The second-order valence-electron chi connectivity index (χ2n) is 4.42. The molecule has 0 bridgehead atoms. The largest absolute Gasteiger partial charge is 0.508 e. The van der Waals surface area contributed by atoms with Crippen LogP contribution in [0.5, 0.6) is 5.75 Å².